The first kappa shape index (κ1) is 21.1. The van der Waals surface area contributed by atoms with E-state index in [0.29, 0.717) is 42.7 Å². The van der Waals surface area contributed by atoms with Gasteiger partial charge in [0.15, 0.2) is 0 Å². The zero-order valence-corrected chi connectivity index (χ0v) is 17.6. The molecule has 2 heterocycles. The van der Waals surface area contributed by atoms with Crippen LogP contribution in [0.1, 0.15) is 21.5 Å². The maximum Gasteiger partial charge on any atom is 0.255 e. The number of morpholine rings is 1. The summed E-state index contributed by atoms with van der Waals surface area (Å²) in [5.41, 5.74) is 3.25. The lowest BCUT2D eigenvalue weighted by Gasteiger charge is -2.27. The van der Waals surface area contributed by atoms with Crippen LogP contribution < -0.4 is 10.2 Å². The lowest BCUT2D eigenvalue weighted by molar-refractivity contribution is -0.114. The summed E-state index contributed by atoms with van der Waals surface area (Å²) in [5, 5.41) is 3.27. The molecule has 1 aliphatic rings. The van der Waals surface area contributed by atoms with E-state index < -0.39 is 0 Å². The van der Waals surface area contributed by atoms with Crippen LogP contribution in [0.4, 0.5) is 11.5 Å². The molecule has 1 aromatic carbocycles. The van der Waals surface area contributed by atoms with Gasteiger partial charge in [0.1, 0.15) is 5.82 Å². The summed E-state index contributed by atoms with van der Waals surface area (Å²) in [4.78, 5) is 32.8. The van der Waals surface area contributed by atoms with Crippen LogP contribution in [-0.2, 0) is 9.53 Å². The number of rotatable bonds is 5. The SMILES string of the molecule is Cc1cccc(C)c1NC(=O)CN(C)c1ncc(C(=O)N2CCOCC2)cc1Cl. The van der Waals surface area contributed by atoms with Gasteiger partial charge in [0.25, 0.3) is 5.91 Å². The van der Waals surface area contributed by atoms with Crippen molar-refractivity contribution in [1.82, 2.24) is 9.88 Å². The number of carbonyl (C=O) groups is 2. The summed E-state index contributed by atoms with van der Waals surface area (Å²) >= 11 is 6.37. The zero-order valence-electron chi connectivity index (χ0n) is 16.9. The Morgan fingerprint density at radius 2 is 1.90 bits per heavy atom. The molecule has 0 radical (unpaired) electrons. The molecule has 3 rings (SSSR count). The van der Waals surface area contributed by atoms with E-state index in [1.807, 2.05) is 32.0 Å². The van der Waals surface area contributed by atoms with Crippen LogP contribution in [0.15, 0.2) is 30.5 Å². The fourth-order valence-electron chi connectivity index (χ4n) is 3.26. The Balaban J connectivity index is 1.66. The van der Waals surface area contributed by atoms with Crippen molar-refractivity contribution in [3.05, 3.63) is 52.2 Å². The second-order valence-electron chi connectivity index (χ2n) is 7.11. The molecule has 0 unspecified atom stereocenters. The maximum atomic E-state index is 12.6. The molecular weight excluding hydrogens is 392 g/mol. The number of nitrogens with one attached hydrogen (secondary N) is 1. The molecule has 0 bridgehead atoms. The minimum absolute atomic E-state index is 0.0806. The number of benzene rings is 1. The summed E-state index contributed by atoms with van der Waals surface area (Å²) in [6.45, 7) is 6.15. The Hall–Kier alpha value is -2.64. The fourth-order valence-corrected chi connectivity index (χ4v) is 3.57. The van der Waals surface area contributed by atoms with Crippen molar-refractivity contribution in [2.45, 2.75) is 13.8 Å². The predicted molar refractivity (Wildman–Crippen MR) is 114 cm³/mol. The largest absolute Gasteiger partial charge is 0.378 e. The van der Waals surface area contributed by atoms with Crippen LogP contribution in [-0.4, -0.2) is 61.6 Å². The molecule has 8 heteroatoms. The van der Waals surface area contributed by atoms with E-state index in [1.54, 1.807) is 22.9 Å². The topological polar surface area (TPSA) is 74.8 Å². The molecule has 0 atom stereocenters. The molecule has 7 nitrogen and oxygen atoms in total. The van der Waals surface area contributed by atoms with Gasteiger partial charge in [0.2, 0.25) is 5.91 Å². The fraction of sp³-hybridized carbons (Fsp3) is 0.381. The maximum absolute atomic E-state index is 12.6. The molecule has 1 N–H and O–H groups in total. The molecule has 2 aromatic rings. The minimum atomic E-state index is -0.170. The summed E-state index contributed by atoms with van der Waals surface area (Å²) in [6.07, 6.45) is 1.50. The van der Waals surface area contributed by atoms with Gasteiger partial charge in [-0.3, -0.25) is 9.59 Å². The van der Waals surface area contributed by atoms with Gasteiger partial charge in [-0.1, -0.05) is 29.8 Å². The van der Waals surface area contributed by atoms with Crippen LogP contribution >= 0.6 is 11.6 Å². The number of amides is 2. The highest BCUT2D eigenvalue weighted by atomic mass is 35.5. The monoisotopic (exact) mass is 416 g/mol. The van der Waals surface area contributed by atoms with Gasteiger partial charge < -0.3 is 19.9 Å². The van der Waals surface area contributed by atoms with Gasteiger partial charge in [-0.25, -0.2) is 4.98 Å². The second kappa shape index (κ2) is 9.24. The van der Waals surface area contributed by atoms with E-state index in [1.165, 1.54) is 6.20 Å². The number of ether oxygens (including phenoxy) is 1. The summed E-state index contributed by atoms with van der Waals surface area (Å²) in [6, 6.07) is 7.46. The number of anilines is 2. The first-order chi connectivity index (χ1) is 13.9. The summed E-state index contributed by atoms with van der Waals surface area (Å²) in [7, 11) is 1.74. The number of pyridine rings is 1. The molecule has 154 valence electrons. The third-order valence-corrected chi connectivity index (χ3v) is 5.13. The second-order valence-corrected chi connectivity index (χ2v) is 7.51. The standard InChI is InChI=1S/C21H25ClN4O3/c1-14-5-4-6-15(2)19(14)24-18(27)13-25(3)20-17(22)11-16(12-23-20)21(28)26-7-9-29-10-8-26/h4-6,11-12H,7-10,13H2,1-3H3,(H,24,27). The number of para-hydroxylation sites is 1. The molecule has 1 aromatic heterocycles. The van der Waals surface area contributed by atoms with Gasteiger partial charge in [-0.2, -0.15) is 0 Å². The molecule has 0 spiro atoms. The molecule has 29 heavy (non-hydrogen) atoms. The molecule has 1 saturated heterocycles. The third-order valence-electron chi connectivity index (χ3n) is 4.85. The van der Waals surface area contributed by atoms with Crippen LogP contribution in [0.2, 0.25) is 5.02 Å². The number of halogens is 1. The normalized spacial score (nSPS) is 13.9. The Labute approximate surface area is 175 Å². The molecular formula is C21H25ClN4O3. The smallest absolute Gasteiger partial charge is 0.255 e. The van der Waals surface area contributed by atoms with Crippen LogP contribution in [0.3, 0.4) is 0 Å². The van der Waals surface area contributed by atoms with E-state index in [9.17, 15) is 9.59 Å². The van der Waals surface area contributed by atoms with Crippen molar-refractivity contribution in [3.63, 3.8) is 0 Å². The van der Waals surface area contributed by atoms with Crippen molar-refractivity contribution >= 4 is 34.9 Å². The number of aromatic nitrogens is 1. The highest BCUT2D eigenvalue weighted by Gasteiger charge is 2.21. The number of carbonyl (C=O) groups excluding carboxylic acids is 2. The van der Waals surface area contributed by atoms with Crippen LogP contribution in [0.5, 0.6) is 0 Å². The van der Waals surface area contributed by atoms with Crippen LogP contribution in [0, 0.1) is 13.8 Å². The third kappa shape index (κ3) is 5.05. The molecule has 1 aliphatic heterocycles. The summed E-state index contributed by atoms with van der Waals surface area (Å²) < 4.78 is 5.27. The first-order valence-electron chi connectivity index (χ1n) is 9.46. The van der Waals surface area contributed by atoms with Gasteiger partial charge in [0.05, 0.1) is 30.3 Å². The Morgan fingerprint density at radius 3 is 2.52 bits per heavy atom. The van der Waals surface area contributed by atoms with E-state index in [4.69, 9.17) is 16.3 Å². The zero-order chi connectivity index (χ0) is 21.0. The van der Waals surface area contributed by atoms with Crippen molar-refractivity contribution in [3.8, 4) is 0 Å². The Morgan fingerprint density at radius 1 is 1.24 bits per heavy atom. The molecule has 1 fully saturated rings. The predicted octanol–water partition coefficient (Wildman–Crippen LogP) is 2.90. The number of nitrogens with zero attached hydrogens (tertiary/aromatic N) is 3. The van der Waals surface area contributed by atoms with E-state index in [2.05, 4.69) is 10.3 Å². The average Bonchev–Trinajstić information content (AvgIpc) is 2.70. The quantitative estimate of drug-likeness (QED) is 0.811. The van der Waals surface area contributed by atoms with Gasteiger partial charge in [-0.05, 0) is 31.0 Å². The van der Waals surface area contributed by atoms with Gasteiger partial charge in [-0.15, -0.1) is 0 Å². The van der Waals surface area contributed by atoms with E-state index in [0.717, 1.165) is 16.8 Å². The Bertz CT molecular complexity index is 893. The highest BCUT2D eigenvalue weighted by molar-refractivity contribution is 6.33. The van der Waals surface area contributed by atoms with Crippen molar-refractivity contribution in [2.75, 3.05) is 50.1 Å². The van der Waals surface area contributed by atoms with E-state index >= 15 is 0 Å². The van der Waals surface area contributed by atoms with Crippen molar-refractivity contribution in [1.29, 1.82) is 0 Å². The van der Waals surface area contributed by atoms with Gasteiger partial charge >= 0.3 is 0 Å². The highest BCUT2D eigenvalue weighted by Crippen LogP contribution is 2.24. The number of hydrogen-bond acceptors (Lipinski definition) is 5. The van der Waals surface area contributed by atoms with Crippen LogP contribution in [0.25, 0.3) is 0 Å². The van der Waals surface area contributed by atoms with Gasteiger partial charge in [0, 0.05) is 32.0 Å². The number of hydrogen-bond donors (Lipinski definition) is 1. The average molecular weight is 417 g/mol. The molecule has 0 saturated carbocycles. The molecule has 0 aliphatic carbocycles. The lowest BCUT2D eigenvalue weighted by Crippen LogP contribution is -2.40. The minimum Gasteiger partial charge on any atom is -0.378 e. The number of aryl methyl sites for hydroxylation is 2. The van der Waals surface area contributed by atoms with Crippen molar-refractivity contribution < 1.29 is 14.3 Å². The lowest BCUT2D eigenvalue weighted by atomic mass is 10.1. The molecule has 2 amide bonds. The Kier molecular flexibility index (Phi) is 6.71. The number of likely N-dealkylation sites (N-methyl/N-ethyl adjacent to an activating group) is 1. The van der Waals surface area contributed by atoms with Crippen molar-refractivity contribution in [2.24, 2.45) is 0 Å². The first-order valence-corrected chi connectivity index (χ1v) is 9.84. The summed E-state index contributed by atoms with van der Waals surface area (Å²) in [5.74, 6) is 0.155. The van der Waals surface area contributed by atoms with E-state index in [-0.39, 0.29) is 18.4 Å².